The van der Waals surface area contributed by atoms with Gasteiger partial charge in [0.05, 0.1) is 6.10 Å². The maximum Gasteiger partial charge on any atom is 0.0555 e. The van der Waals surface area contributed by atoms with Crippen molar-refractivity contribution in [2.75, 3.05) is 13.6 Å². The minimum absolute atomic E-state index is 0.0765. The van der Waals surface area contributed by atoms with Gasteiger partial charge in [-0.05, 0) is 44.7 Å². The molecule has 0 heterocycles. The topological polar surface area (TPSA) is 23.5 Å². The fraction of sp³-hybridized carbons (Fsp3) is 1.00. The van der Waals surface area contributed by atoms with E-state index < -0.39 is 0 Å². The van der Waals surface area contributed by atoms with Gasteiger partial charge < -0.3 is 10.0 Å². The summed E-state index contributed by atoms with van der Waals surface area (Å²) in [7, 11) is 2.19. The molecule has 0 aromatic carbocycles. The minimum Gasteiger partial charge on any atom is -0.393 e. The quantitative estimate of drug-likeness (QED) is 0.753. The number of hydrogen-bond donors (Lipinski definition) is 1. The van der Waals surface area contributed by atoms with Crippen LogP contribution in [0.25, 0.3) is 0 Å². The molecule has 0 saturated heterocycles. The van der Waals surface area contributed by atoms with E-state index in [0.717, 1.165) is 25.8 Å². The van der Waals surface area contributed by atoms with Gasteiger partial charge in [0.1, 0.15) is 0 Å². The lowest BCUT2D eigenvalue weighted by Crippen LogP contribution is -2.48. The van der Waals surface area contributed by atoms with Crippen LogP contribution < -0.4 is 0 Å². The highest BCUT2D eigenvalue weighted by Gasteiger charge is 2.37. The zero-order chi connectivity index (χ0) is 10.8. The normalized spacial score (nSPS) is 32.1. The molecule has 1 fully saturated rings. The average molecular weight is 199 g/mol. The molecular weight excluding hydrogens is 174 g/mol. The van der Waals surface area contributed by atoms with Crippen molar-refractivity contribution in [1.29, 1.82) is 0 Å². The largest absolute Gasteiger partial charge is 0.393 e. The summed E-state index contributed by atoms with van der Waals surface area (Å²) in [6.07, 6.45) is 4.19. The maximum atomic E-state index is 9.70. The fourth-order valence-corrected chi connectivity index (χ4v) is 2.68. The van der Waals surface area contributed by atoms with Crippen LogP contribution in [0, 0.1) is 5.41 Å². The summed E-state index contributed by atoms with van der Waals surface area (Å²) < 4.78 is 0. The van der Waals surface area contributed by atoms with Crippen molar-refractivity contribution >= 4 is 0 Å². The van der Waals surface area contributed by atoms with Gasteiger partial charge in [0.15, 0.2) is 0 Å². The molecule has 84 valence electrons. The summed E-state index contributed by atoms with van der Waals surface area (Å²) in [6.45, 7) is 8.01. The predicted octanol–water partition coefficient (Wildman–Crippen LogP) is 2.27. The van der Waals surface area contributed by atoms with E-state index >= 15 is 0 Å². The fourth-order valence-electron chi connectivity index (χ4n) is 2.68. The molecule has 0 spiro atoms. The van der Waals surface area contributed by atoms with E-state index in [1.54, 1.807) is 0 Å². The lowest BCUT2D eigenvalue weighted by Gasteiger charge is -2.45. The highest BCUT2D eigenvalue weighted by atomic mass is 16.3. The Morgan fingerprint density at radius 3 is 2.64 bits per heavy atom. The summed E-state index contributed by atoms with van der Waals surface area (Å²) in [6, 6.07) is 0.547. The first kappa shape index (κ1) is 12.0. The van der Waals surface area contributed by atoms with Crippen LogP contribution in [0.3, 0.4) is 0 Å². The Morgan fingerprint density at radius 2 is 2.07 bits per heavy atom. The molecule has 1 saturated carbocycles. The Morgan fingerprint density at radius 1 is 1.43 bits per heavy atom. The average Bonchev–Trinajstić information content (AvgIpc) is 2.10. The van der Waals surface area contributed by atoms with Gasteiger partial charge in [-0.15, -0.1) is 0 Å². The van der Waals surface area contributed by atoms with Crippen molar-refractivity contribution in [3.63, 3.8) is 0 Å². The van der Waals surface area contributed by atoms with Crippen molar-refractivity contribution in [2.45, 2.75) is 58.6 Å². The third-order valence-electron chi connectivity index (χ3n) is 3.63. The van der Waals surface area contributed by atoms with E-state index in [0.29, 0.717) is 11.5 Å². The van der Waals surface area contributed by atoms with Gasteiger partial charge in [-0.3, -0.25) is 0 Å². The second-order valence-corrected chi connectivity index (χ2v) is 5.41. The Labute approximate surface area is 88.3 Å². The molecule has 2 atom stereocenters. The number of aliphatic hydroxyl groups excluding tert-OH is 1. The lowest BCUT2D eigenvalue weighted by atomic mass is 9.71. The van der Waals surface area contributed by atoms with Crippen molar-refractivity contribution < 1.29 is 5.11 Å². The molecule has 0 aromatic heterocycles. The Bertz CT molecular complexity index is 179. The van der Waals surface area contributed by atoms with Crippen LogP contribution >= 0.6 is 0 Å². The van der Waals surface area contributed by atoms with Gasteiger partial charge >= 0.3 is 0 Å². The summed E-state index contributed by atoms with van der Waals surface area (Å²) >= 11 is 0. The van der Waals surface area contributed by atoms with Crippen LogP contribution in [0.15, 0.2) is 0 Å². The molecule has 2 nitrogen and oxygen atoms in total. The van der Waals surface area contributed by atoms with Crippen LogP contribution in [0.5, 0.6) is 0 Å². The molecule has 2 heteroatoms. The maximum absolute atomic E-state index is 9.70. The number of hydrogen-bond acceptors (Lipinski definition) is 2. The minimum atomic E-state index is -0.0765. The van der Waals surface area contributed by atoms with E-state index in [-0.39, 0.29) is 6.10 Å². The van der Waals surface area contributed by atoms with Gasteiger partial charge in [0, 0.05) is 6.04 Å². The van der Waals surface area contributed by atoms with Crippen molar-refractivity contribution in [3.8, 4) is 0 Å². The molecule has 0 amide bonds. The van der Waals surface area contributed by atoms with Gasteiger partial charge in [-0.25, -0.2) is 0 Å². The smallest absolute Gasteiger partial charge is 0.0555 e. The standard InChI is InChI=1S/C12H25NO/c1-5-8-13(4)11-9-10(14)6-7-12(11,2)3/h10-11,14H,5-9H2,1-4H3. The lowest BCUT2D eigenvalue weighted by molar-refractivity contribution is -0.00101. The molecule has 1 rings (SSSR count). The van der Waals surface area contributed by atoms with E-state index in [1.165, 1.54) is 6.42 Å². The second-order valence-electron chi connectivity index (χ2n) is 5.41. The third kappa shape index (κ3) is 2.71. The van der Waals surface area contributed by atoms with E-state index in [1.807, 2.05) is 0 Å². The van der Waals surface area contributed by atoms with Crippen molar-refractivity contribution in [3.05, 3.63) is 0 Å². The van der Waals surface area contributed by atoms with Crippen LogP contribution in [0.1, 0.15) is 46.5 Å². The van der Waals surface area contributed by atoms with E-state index in [2.05, 4.69) is 32.7 Å². The Kier molecular flexibility index (Phi) is 3.96. The van der Waals surface area contributed by atoms with Gasteiger partial charge in [-0.1, -0.05) is 20.8 Å². The van der Waals surface area contributed by atoms with Crippen LogP contribution in [0.4, 0.5) is 0 Å². The highest BCUT2D eigenvalue weighted by Crippen LogP contribution is 2.38. The molecule has 0 aliphatic heterocycles. The van der Waals surface area contributed by atoms with Crippen LogP contribution in [0.2, 0.25) is 0 Å². The van der Waals surface area contributed by atoms with E-state index in [4.69, 9.17) is 0 Å². The Hall–Kier alpha value is -0.0800. The summed E-state index contributed by atoms with van der Waals surface area (Å²) in [5.74, 6) is 0. The van der Waals surface area contributed by atoms with E-state index in [9.17, 15) is 5.11 Å². The Balaban J connectivity index is 2.61. The van der Waals surface area contributed by atoms with Crippen LogP contribution in [-0.2, 0) is 0 Å². The van der Waals surface area contributed by atoms with Gasteiger partial charge in [0.2, 0.25) is 0 Å². The molecule has 0 aromatic rings. The van der Waals surface area contributed by atoms with Crippen molar-refractivity contribution in [1.82, 2.24) is 4.90 Å². The van der Waals surface area contributed by atoms with Crippen molar-refractivity contribution in [2.24, 2.45) is 5.41 Å². The number of aliphatic hydroxyl groups is 1. The summed E-state index contributed by atoms with van der Waals surface area (Å²) in [5, 5.41) is 9.70. The highest BCUT2D eigenvalue weighted by molar-refractivity contribution is 4.91. The predicted molar refractivity (Wildman–Crippen MR) is 60.3 cm³/mol. The second kappa shape index (κ2) is 4.63. The molecule has 1 N–H and O–H groups in total. The first-order chi connectivity index (χ1) is 6.47. The summed E-state index contributed by atoms with van der Waals surface area (Å²) in [4.78, 5) is 2.42. The van der Waals surface area contributed by atoms with Gasteiger partial charge in [-0.2, -0.15) is 0 Å². The molecule has 0 radical (unpaired) electrons. The monoisotopic (exact) mass is 199 g/mol. The zero-order valence-corrected chi connectivity index (χ0v) is 10.1. The zero-order valence-electron chi connectivity index (χ0n) is 10.1. The third-order valence-corrected chi connectivity index (χ3v) is 3.63. The SMILES string of the molecule is CCCN(C)C1CC(O)CCC1(C)C. The molecule has 1 aliphatic rings. The molecule has 1 aliphatic carbocycles. The molecule has 0 bridgehead atoms. The first-order valence-electron chi connectivity index (χ1n) is 5.85. The molecular formula is C12H25NO. The molecule has 2 unspecified atom stereocenters. The first-order valence-corrected chi connectivity index (χ1v) is 5.85. The summed E-state index contributed by atoms with van der Waals surface area (Å²) in [5.41, 5.74) is 0.364. The molecule has 14 heavy (non-hydrogen) atoms. The number of rotatable bonds is 3. The number of nitrogens with zero attached hydrogens (tertiary/aromatic N) is 1. The van der Waals surface area contributed by atoms with Gasteiger partial charge in [0.25, 0.3) is 0 Å². The van der Waals surface area contributed by atoms with Crippen LogP contribution in [-0.4, -0.2) is 35.7 Å².